The lowest BCUT2D eigenvalue weighted by molar-refractivity contribution is -0.970. The Morgan fingerprint density at radius 2 is 1.26 bits per heavy atom. The number of nitrogens with zero attached hydrogens (tertiary/aromatic N) is 2. The minimum Gasteiger partial charge on any atom is -0.323 e. The highest BCUT2D eigenvalue weighted by atomic mass is 15.4. The van der Waals surface area contributed by atoms with Gasteiger partial charge in [0, 0.05) is 0 Å². The van der Waals surface area contributed by atoms with E-state index in [4.69, 9.17) is 0 Å². The minimum absolute atomic E-state index is 0. The summed E-state index contributed by atoms with van der Waals surface area (Å²) in [5, 5.41) is 0. The fourth-order valence-corrected chi connectivity index (χ4v) is 3.13. The standard InChI is InChI=1S/C9H21N.C8H18N.C2H6.2CH4/c1-4-7-8-9-10(5-2)6-3;1-4-9(5-2)6-8(3)7-9;1-2;;/h4-9H2,1-3H3;8H,4-7H2,1-3H3;1-2H3;2*1H4/q;+1;;;. The third-order valence-electron chi connectivity index (χ3n) is 4.71. The van der Waals surface area contributed by atoms with E-state index in [0.717, 1.165) is 5.92 Å². The molecule has 1 saturated heterocycles. The van der Waals surface area contributed by atoms with E-state index in [0.29, 0.717) is 0 Å². The van der Waals surface area contributed by atoms with Crippen LogP contribution in [-0.2, 0) is 0 Å². The predicted octanol–water partition coefficient (Wildman–Crippen LogP) is 6.31. The zero-order valence-electron chi connectivity index (χ0n) is 16.5. The molecule has 0 saturated carbocycles. The monoisotopic (exact) mass is 333 g/mol. The third-order valence-corrected chi connectivity index (χ3v) is 4.71. The Hall–Kier alpha value is -0.0800. The molecule has 1 heterocycles. The SMILES string of the molecule is C.C.CC.CCCCCN(CC)CC.CC[N+]1(CC)CC(C)C1. The molecule has 2 nitrogen and oxygen atoms in total. The summed E-state index contributed by atoms with van der Waals surface area (Å²) < 4.78 is 1.38. The maximum atomic E-state index is 2.48. The first-order valence-corrected chi connectivity index (χ1v) is 9.64. The molecule has 1 rings (SSSR count). The van der Waals surface area contributed by atoms with Crippen LogP contribution in [0.25, 0.3) is 0 Å². The van der Waals surface area contributed by atoms with E-state index in [9.17, 15) is 0 Å². The van der Waals surface area contributed by atoms with E-state index in [2.05, 4.69) is 46.4 Å². The molecule has 146 valence electrons. The Labute approximate surface area is 151 Å². The molecule has 1 aliphatic heterocycles. The second-order valence-electron chi connectivity index (χ2n) is 6.18. The van der Waals surface area contributed by atoms with Gasteiger partial charge in [0.25, 0.3) is 0 Å². The van der Waals surface area contributed by atoms with E-state index in [1.54, 1.807) is 0 Å². The van der Waals surface area contributed by atoms with Gasteiger partial charge in [0.1, 0.15) is 0 Å². The number of likely N-dealkylation sites (tertiary alicyclic amines) is 1. The van der Waals surface area contributed by atoms with Crippen LogP contribution in [0.1, 0.15) is 89.5 Å². The number of hydrogen-bond donors (Lipinski definition) is 0. The zero-order chi connectivity index (χ0) is 16.7. The van der Waals surface area contributed by atoms with Crippen molar-refractivity contribution in [1.29, 1.82) is 0 Å². The predicted molar refractivity (Wildman–Crippen MR) is 112 cm³/mol. The molecule has 1 fully saturated rings. The van der Waals surface area contributed by atoms with Crippen LogP contribution in [0.15, 0.2) is 0 Å². The quantitative estimate of drug-likeness (QED) is 0.371. The summed E-state index contributed by atoms with van der Waals surface area (Å²) in [5.74, 6) is 0.991. The van der Waals surface area contributed by atoms with Gasteiger partial charge in [-0.15, -0.1) is 0 Å². The van der Waals surface area contributed by atoms with Gasteiger partial charge in [0.05, 0.1) is 32.1 Å². The lowest BCUT2D eigenvalue weighted by Gasteiger charge is -2.48. The first-order chi connectivity index (χ1) is 10.1. The smallest absolute Gasteiger partial charge is 0.0867 e. The molecule has 0 aliphatic carbocycles. The summed E-state index contributed by atoms with van der Waals surface area (Å²) in [7, 11) is 0. The van der Waals surface area contributed by atoms with Crippen molar-refractivity contribution < 1.29 is 4.48 Å². The maximum Gasteiger partial charge on any atom is 0.0867 e. The summed E-state index contributed by atoms with van der Waals surface area (Å²) in [5.41, 5.74) is 0. The molecule has 0 N–H and O–H groups in total. The molecule has 0 radical (unpaired) electrons. The number of hydrogen-bond acceptors (Lipinski definition) is 1. The molecule has 0 atom stereocenters. The van der Waals surface area contributed by atoms with Crippen molar-refractivity contribution in [2.45, 2.75) is 89.5 Å². The summed E-state index contributed by atoms with van der Waals surface area (Å²) in [4.78, 5) is 2.48. The highest BCUT2D eigenvalue weighted by Gasteiger charge is 2.37. The summed E-state index contributed by atoms with van der Waals surface area (Å²) in [6, 6.07) is 0. The van der Waals surface area contributed by atoms with Gasteiger partial charge in [0.15, 0.2) is 0 Å². The van der Waals surface area contributed by atoms with Crippen molar-refractivity contribution in [3.05, 3.63) is 0 Å². The lowest BCUT2D eigenvalue weighted by Crippen LogP contribution is -2.62. The topological polar surface area (TPSA) is 3.24 Å². The van der Waals surface area contributed by atoms with Gasteiger partial charge in [-0.3, -0.25) is 0 Å². The van der Waals surface area contributed by atoms with Crippen molar-refractivity contribution in [2.24, 2.45) is 5.92 Å². The van der Waals surface area contributed by atoms with Crippen molar-refractivity contribution in [2.75, 3.05) is 45.8 Å². The molecular formula is C21H53N2+. The fraction of sp³-hybridized carbons (Fsp3) is 1.00. The van der Waals surface area contributed by atoms with Gasteiger partial charge in [0.2, 0.25) is 0 Å². The van der Waals surface area contributed by atoms with E-state index in [1.165, 1.54) is 69.6 Å². The summed E-state index contributed by atoms with van der Waals surface area (Å²) in [6.45, 7) is 26.9. The number of rotatable bonds is 8. The Morgan fingerprint density at radius 3 is 1.48 bits per heavy atom. The largest absolute Gasteiger partial charge is 0.323 e. The van der Waals surface area contributed by atoms with Gasteiger partial charge in [-0.1, -0.05) is 69.2 Å². The second-order valence-corrected chi connectivity index (χ2v) is 6.18. The van der Waals surface area contributed by atoms with E-state index >= 15 is 0 Å². The minimum atomic E-state index is 0. The van der Waals surface area contributed by atoms with Crippen LogP contribution in [0.4, 0.5) is 0 Å². The molecule has 1 aliphatic rings. The van der Waals surface area contributed by atoms with Crippen LogP contribution in [0.5, 0.6) is 0 Å². The average molecular weight is 334 g/mol. The molecule has 0 unspecified atom stereocenters. The van der Waals surface area contributed by atoms with E-state index in [1.807, 2.05) is 13.8 Å². The molecule has 0 aromatic rings. The molecular weight excluding hydrogens is 280 g/mol. The van der Waals surface area contributed by atoms with Crippen LogP contribution >= 0.6 is 0 Å². The van der Waals surface area contributed by atoms with E-state index < -0.39 is 0 Å². The van der Waals surface area contributed by atoms with Gasteiger partial charge in [-0.25, -0.2) is 0 Å². The molecule has 0 aromatic carbocycles. The highest BCUT2D eigenvalue weighted by molar-refractivity contribution is 4.62. The molecule has 2 heteroatoms. The first kappa shape index (κ1) is 30.8. The van der Waals surface area contributed by atoms with Crippen molar-refractivity contribution in [3.63, 3.8) is 0 Å². The molecule has 0 aromatic heterocycles. The van der Waals surface area contributed by atoms with Crippen molar-refractivity contribution in [3.8, 4) is 0 Å². The summed E-state index contributed by atoms with van der Waals surface area (Å²) >= 11 is 0. The maximum absolute atomic E-state index is 2.48. The van der Waals surface area contributed by atoms with Crippen LogP contribution in [0.2, 0.25) is 0 Å². The zero-order valence-corrected chi connectivity index (χ0v) is 16.5. The summed E-state index contributed by atoms with van der Waals surface area (Å²) in [6.07, 6.45) is 4.09. The average Bonchev–Trinajstić information content (AvgIpc) is 2.51. The van der Waals surface area contributed by atoms with Gasteiger partial charge >= 0.3 is 0 Å². The fourth-order valence-electron chi connectivity index (χ4n) is 3.13. The van der Waals surface area contributed by atoms with Crippen LogP contribution in [0.3, 0.4) is 0 Å². The molecule has 0 spiro atoms. The lowest BCUT2D eigenvalue weighted by atomic mass is 9.98. The third kappa shape index (κ3) is 14.0. The Balaban J connectivity index is -0.000000131. The van der Waals surface area contributed by atoms with Crippen LogP contribution in [0, 0.1) is 5.92 Å². The highest BCUT2D eigenvalue weighted by Crippen LogP contribution is 2.24. The molecule has 0 amide bonds. The van der Waals surface area contributed by atoms with Crippen molar-refractivity contribution >= 4 is 0 Å². The first-order valence-electron chi connectivity index (χ1n) is 9.64. The van der Waals surface area contributed by atoms with Crippen LogP contribution < -0.4 is 0 Å². The normalized spacial score (nSPS) is 15.0. The Kier molecular flexibility index (Phi) is 26.7. The van der Waals surface area contributed by atoms with Gasteiger partial charge < -0.3 is 9.38 Å². The van der Waals surface area contributed by atoms with Gasteiger partial charge in [-0.2, -0.15) is 0 Å². The molecule has 0 bridgehead atoms. The van der Waals surface area contributed by atoms with E-state index in [-0.39, 0.29) is 14.9 Å². The second kappa shape index (κ2) is 20.0. The Bertz CT molecular complexity index is 188. The van der Waals surface area contributed by atoms with Gasteiger partial charge in [-0.05, 0) is 39.9 Å². The Morgan fingerprint density at radius 1 is 0.826 bits per heavy atom. The number of quaternary nitrogens is 1. The van der Waals surface area contributed by atoms with Crippen LogP contribution in [-0.4, -0.2) is 55.2 Å². The van der Waals surface area contributed by atoms with Crippen molar-refractivity contribution in [1.82, 2.24) is 4.90 Å². The molecule has 23 heavy (non-hydrogen) atoms. The number of unbranched alkanes of at least 4 members (excludes halogenated alkanes) is 2.